The molecule has 1 aromatic carbocycles. The van der Waals surface area contributed by atoms with E-state index in [0.29, 0.717) is 36.4 Å². The number of rotatable bonds is 6. The van der Waals surface area contributed by atoms with Gasteiger partial charge >= 0.3 is 0 Å². The van der Waals surface area contributed by atoms with Gasteiger partial charge in [-0.25, -0.2) is 13.1 Å². The summed E-state index contributed by atoms with van der Waals surface area (Å²) in [5.74, 6) is 2.53. The third-order valence-electron chi connectivity index (χ3n) is 4.87. The highest BCUT2D eigenvalue weighted by Gasteiger charge is 2.33. The largest absolute Gasteiger partial charge is 0.454 e. The fourth-order valence-corrected chi connectivity index (χ4v) is 5.51. The van der Waals surface area contributed by atoms with Gasteiger partial charge in [-0.15, -0.1) is 5.10 Å². The Bertz CT molecular complexity index is 1030. The summed E-state index contributed by atoms with van der Waals surface area (Å²) in [6.07, 6.45) is 0.634. The van der Waals surface area contributed by atoms with Gasteiger partial charge in [-0.05, 0) is 42.8 Å². The van der Waals surface area contributed by atoms with Crippen LogP contribution in [0.25, 0.3) is 11.5 Å². The number of sulfone groups is 1. The second-order valence-corrected chi connectivity index (χ2v) is 10.2. The Morgan fingerprint density at radius 3 is 2.82 bits per heavy atom. The number of aromatic nitrogens is 2. The van der Waals surface area contributed by atoms with Crippen LogP contribution in [-0.2, 0) is 16.5 Å². The Morgan fingerprint density at radius 1 is 1.32 bits per heavy atom. The van der Waals surface area contributed by atoms with Gasteiger partial charge in [0.1, 0.15) is 0 Å². The molecule has 0 N–H and O–H groups in total. The van der Waals surface area contributed by atoms with Crippen LogP contribution in [-0.4, -0.2) is 54.0 Å². The molecule has 1 unspecified atom stereocenters. The van der Waals surface area contributed by atoms with E-state index in [1.54, 1.807) is 4.68 Å². The maximum absolute atomic E-state index is 11.9. The molecule has 0 saturated carbocycles. The SMILES string of the molecule is CC(C)CN(Cn1nc(-c2ccc3c(c2)OCO3)oc1=S)C1CCS(=O)(=O)C1. The number of hydrogen-bond donors (Lipinski definition) is 0. The van der Waals surface area contributed by atoms with Crippen molar-refractivity contribution < 1.29 is 22.3 Å². The van der Waals surface area contributed by atoms with Crippen molar-refractivity contribution in [3.8, 4) is 23.0 Å². The van der Waals surface area contributed by atoms with Crippen LogP contribution in [0.15, 0.2) is 22.6 Å². The maximum Gasteiger partial charge on any atom is 0.288 e. The van der Waals surface area contributed by atoms with Crippen LogP contribution in [0.2, 0.25) is 0 Å². The molecule has 0 radical (unpaired) electrons. The molecule has 28 heavy (non-hydrogen) atoms. The molecule has 2 aliphatic heterocycles. The summed E-state index contributed by atoms with van der Waals surface area (Å²) in [6.45, 7) is 5.57. The minimum atomic E-state index is -2.97. The van der Waals surface area contributed by atoms with Crippen LogP contribution >= 0.6 is 12.2 Å². The van der Waals surface area contributed by atoms with Crippen molar-refractivity contribution in [2.75, 3.05) is 24.8 Å². The highest BCUT2D eigenvalue weighted by Crippen LogP contribution is 2.35. The van der Waals surface area contributed by atoms with Gasteiger partial charge < -0.3 is 13.9 Å². The normalized spacial score (nSPS) is 20.4. The van der Waals surface area contributed by atoms with Crippen LogP contribution in [0.5, 0.6) is 11.5 Å². The van der Waals surface area contributed by atoms with Gasteiger partial charge in [0.15, 0.2) is 21.3 Å². The van der Waals surface area contributed by atoms with Crippen LogP contribution in [0.4, 0.5) is 0 Å². The number of ether oxygens (including phenoxy) is 2. The second-order valence-electron chi connectivity index (χ2n) is 7.60. The summed E-state index contributed by atoms with van der Waals surface area (Å²) in [5.41, 5.74) is 0.743. The first-order valence-electron chi connectivity index (χ1n) is 9.23. The summed E-state index contributed by atoms with van der Waals surface area (Å²) < 4.78 is 41.9. The molecule has 0 spiro atoms. The predicted molar refractivity (Wildman–Crippen MR) is 105 cm³/mol. The topological polar surface area (TPSA) is 86.8 Å². The zero-order valence-electron chi connectivity index (χ0n) is 15.8. The molecule has 2 aromatic rings. The molecule has 2 aliphatic rings. The van der Waals surface area contributed by atoms with E-state index in [1.165, 1.54) is 0 Å². The lowest BCUT2D eigenvalue weighted by Gasteiger charge is -2.29. The predicted octanol–water partition coefficient (Wildman–Crippen LogP) is 2.70. The van der Waals surface area contributed by atoms with E-state index in [2.05, 4.69) is 23.8 Å². The summed E-state index contributed by atoms with van der Waals surface area (Å²) in [7, 11) is -2.97. The summed E-state index contributed by atoms with van der Waals surface area (Å²) >= 11 is 5.36. The number of fused-ring (bicyclic) bond motifs is 1. The van der Waals surface area contributed by atoms with E-state index in [9.17, 15) is 8.42 Å². The molecule has 1 atom stereocenters. The van der Waals surface area contributed by atoms with Crippen molar-refractivity contribution in [1.82, 2.24) is 14.7 Å². The Kier molecular flexibility index (Phi) is 5.19. The summed E-state index contributed by atoms with van der Waals surface area (Å²) in [6, 6.07) is 5.43. The molecule has 1 aromatic heterocycles. The molecular formula is C18H23N3O5S2. The standard InChI is InChI=1S/C18H23N3O5S2/c1-12(2)8-20(14-5-6-28(22,23)9-14)10-21-18(27)26-17(19-21)13-3-4-15-16(7-13)25-11-24-15/h3-4,7,12,14H,5-6,8-11H2,1-2H3. The van der Waals surface area contributed by atoms with Crippen molar-refractivity contribution in [1.29, 1.82) is 0 Å². The Balaban J connectivity index is 1.57. The fourth-order valence-electron chi connectivity index (χ4n) is 3.57. The lowest BCUT2D eigenvalue weighted by Crippen LogP contribution is -2.40. The van der Waals surface area contributed by atoms with Gasteiger partial charge in [-0.1, -0.05) is 13.8 Å². The monoisotopic (exact) mass is 425 g/mol. The molecule has 0 amide bonds. The van der Waals surface area contributed by atoms with Crippen LogP contribution in [0.3, 0.4) is 0 Å². The molecule has 10 heteroatoms. The van der Waals surface area contributed by atoms with Crippen LogP contribution in [0.1, 0.15) is 20.3 Å². The number of hydrogen-bond acceptors (Lipinski definition) is 8. The molecule has 0 bridgehead atoms. The first kappa shape index (κ1) is 19.4. The highest BCUT2D eigenvalue weighted by molar-refractivity contribution is 7.91. The van der Waals surface area contributed by atoms with Crippen molar-refractivity contribution in [3.05, 3.63) is 23.0 Å². The fraction of sp³-hybridized carbons (Fsp3) is 0.556. The van der Waals surface area contributed by atoms with E-state index < -0.39 is 9.84 Å². The van der Waals surface area contributed by atoms with Gasteiger partial charge in [-0.2, -0.15) is 0 Å². The maximum atomic E-state index is 11.9. The molecule has 152 valence electrons. The Hall–Kier alpha value is -1.91. The average molecular weight is 426 g/mol. The lowest BCUT2D eigenvalue weighted by molar-refractivity contribution is 0.136. The molecule has 3 heterocycles. The molecule has 1 saturated heterocycles. The van der Waals surface area contributed by atoms with E-state index >= 15 is 0 Å². The average Bonchev–Trinajstić information content (AvgIpc) is 3.32. The molecule has 1 fully saturated rings. The highest BCUT2D eigenvalue weighted by atomic mass is 32.2. The van der Waals surface area contributed by atoms with E-state index in [0.717, 1.165) is 12.1 Å². The van der Waals surface area contributed by atoms with Gasteiger partial charge in [0.05, 0.1) is 18.2 Å². The number of nitrogens with zero attached hydrogens (tertiary/aromatic N) is 3. The molecule has 8 nitrogen and oxygen atoms in total. The minimum absolute atomic E-state index is 0.0278. The molecule has 4 rings (SSSR count). The Morgan fingerprint density at radius 2 is 2.11 bits per heavy atom. The van der Waals surface area contributed by atoms with Gasteiger partial charge in [-0.3, -0.25) is 4.90 Å². The summed E-state index contributed by atoms with van der Waals surface area (Å²) in [5, 5.41) is 4.52. The second kappa shape index (κ2) is 7.49. The van der Waals surface area contributed by atoms with Gasteiger partial charge in [0, 0.05) is 18.2 Å². The van der Waals surface area contributed by atoms with Crippen molar-refractivity contribution in [2.45, 2.75) is 33.0 Å². The smallest absolute Gasteiger partial charge is 0.288 e. The third kappa shape index (κ3) is 4.08. The molecule has 0 aliphatic carbocycles. The van der Waals surface area contributed by atoms with Crippen molar-refractivity contribution in [3.63, 3.8) is 0 Å². The van der Waals surface area contributed by atoms with Gasteiger partial charge in [0.25, 0.3) is 4.84 Å². The first-order valence-corrected chi connectivity index (χ1v) is 11.5. The first-order chi connectivity index (χ1) is 13.3. The van der Waals surface area contributed by atoms with Crippen molar-refractivity contribution >= 4 is 22.1 Å². The van der Waals surface area contributed by atoms with E-state index in [-0.39, 0.29) is 29.2 Å². The molecular weight excluding hydrogens is 402 g/mol. The summed E-state index contributed by atoms with van der Waals surface area (Å²) in [4.78, 5) is 2.39. The zero-order valence-corrected chi connectivity index (χ0v) is 17.5. The Labute approximate surface area is 169 Å². The van der Waals surface area contributed by atoms with Crippen molar-refractivity contribution in [2.24, 2.45) is 5.92 Å². The van der Waals surface area contributed by atoms with Crippen LogP contribution in [0, 0.1) is 10.8 Å². The van der Waals surface area contributed by atoms with Crippen LogP contribution < -0.4 is 9.47 Å². The third-order valence-corrected chi connectivity index (χ3v) is 6.91. The van der Waals surface area contributed by atoms with E-state index in [1.807, 2.05) is 18.2 Å². The number of benzene rings is 1. The lowest BCUT2D eigenvalue weighted by atomic mass is 10.1. The van der Waals surface area contributed by atoms with E-state index in [4.69, 9.17) is 26.1 Å². The minimum Gasteiger partial charge on any atom is -0.454 e. The quantitative estimate of drug-likeness (QED) is 0.653. The van der Waals surface area contributed by atoms with Gasteiger partial charge in [0.2, 0.25) is 12.7 Å². The zero-order chi connectivity index (χ0) is 19.9.